The number of hydrogen-bond acceptors (Lipinski definition) is 2. The average molecular weight is 220 g/mol. The van der Waals surface area contributed by atoms with Gasteiger partial charge in [-0.15, -0.1) is 0 Å². The first-order chi connectivity index (χ1) is 7.58. The first kappa shape index (κ1) is 13.2. The van der Waals surface area contributed by atoms with Crippen molar-refractivity contribution in [2.24, 2.45) is 0 Å². The monoisotopic (exact) mass is 220 g/mol. The fraction of sp³-hybridized carbons (Fsp3) is 0.571. The van der Waals surface area contributed by atoms with Crippen molar-refractivity contribution in [3.8, 4) is 0 Å². The van der Waals surface area contributed by atoms with E-state index in [1.54, 1.807) is 0 Å². The summed E-state index contributed by atoms with van der Waals surface area (Å²) in [5, 5.41) is 6.87. The zero-order valence-corrected chi connectivity index (χ0v) is 10.9. The van der Waals surface area contributed by atoms with Gasteiger partial charge in [-0.3, -0.25) is 0 Å². The molecule has 0 heterocycles. The minimum atomic E-state index is 0.539. The Morgan fingerprint density at radius 2 is 1.31 bits per heavy atom. The molecule has 0 saturated heterocycles. The van der Waals surface area contributed by atoms with Crippen LogP contribution in [0, 0.1) is 0 Å². The Hall–Kier alpha value is -0.860. The van der Waals surface area contributed by atoms with E-state index in [0.29, 0.717) is 12.1 Å². The first-order valence-electron chi connectivity index (χ1n) is 6.12. The van der Waals surface area contributed by atoms with E-state index >= 15 is 0 Å². The first-order valence-corrected chi connectivity index (χ1v) is 6.12. The Balaban J connectivity index is 2.50. The van der Waals surface area contributed by atoms with Gasteiger partial charge in [-0.05, 0) is 11.1 Å². The summed E-state index contributed by atoms with van der Waals surface area (Å²) in [4.78, 5) is 0. The molecule has 0 aliphatic heterocycles. The lowest BCUT2D eigenvalue weighted by atomic mass is 10.1. The number of nitrogens with one attached hydrogen (secondary N) is 2. The standard InChI is InChI=1S/C14H24N2/c1-11(2)15-9-13-6-5-7-14(8-13)10-16-12(3)4/h5-8,11-12,15-16H,9-10H2,1-4H3. The summed E-state index contributed by atoms with van der Waals surface area (Å²) in [5.74, 6) is 0. The fourth-order valence-electron chi connectivity index (χ4n) is 1.49. The van der Waals surface area contributed by atoms with E-state index in [2.05, 4.69) is 62.6 Å². The Morgan fingerprint density at radius 3 is 1.69 bits per heavy atom. The van der Waals surface area contributed by atoms with E-state index in [4.69, 9.17) is 0 Å². The molecule has 1 aromatic rings. The van der Waals surface area contributed by atoms with Crippen LogP contribution in [0.1, 0.15) is 38.8 Å². The minimum Gasteiger partial charge on any atom is -0.310 e. The maximum atomic E-state index is 3.43. The maximum absolute atomic E-state index is 3.43. The largest absolute Gasteiger partial charge is 0.310 e. The van der Waals surface area contributed by atoms with Gasteiger partial charge in [0.1, 0.15) is 0 Å². The molecule has 1 rings (SSSR count). The van der Waals surface area contributed by atoms with Crippen molar-refractivity contribution in [2.75, 3.05) is 0 Å². The van der Waals surface area contributed by atoms with Gasteiger partial charge in [-0.2, -0.15) is 0 Å². The highest BCUT2D eigenvalue weighted by atomic mass is 14.9. The summed E-state index contributed by atoms with van der Waals surface area (Å²) in [6.45, 7) is 10.6. The predicted octanol–water partition coefficient (Wildman–Crippen LogP) is 2.68. The van der Waals surface area contributed by atoms with Crippen LogP contribution >= 0.6 is 0 Å². The molecule has 0 saturated carbocycles. The van der Waals surface area contributed by atoms with E-state index < -0.39 is 0 Å². The highest BCUT2D eigenvalue weighted by molar-refractivity contribution is 5.23. The van der Waals surface area contributed by atoms with Crippen molar-refractivity contribution in [3.05, 3.63) is 35.4 Å². The van der Waals surface area contributed by atoms with Gasteiger partial charge >= 0.3 is 0 Å². The van der Waals surface area contributed by atoms with Crippen LogP contribution in [-0.4, -0.2) is 12.1 Å². The highest BCUT2D eigenvalue weighted by Crippen LogP contribution is 2.05. The third kappa shape index (κ3) is 5.29. The smallest absolute Gasteiger partial charge is 0.0207 e. The Morgan fingerprint density at radius 1 is 0.875 bits per heavy atom. The quantitative estimate of drug-likeness (QED) is 0.770. The van der Waals surface area contributed by atoms with Crippen molar-refractivity contribution < 1.29 is 0 Å². The molecule has 2 nitrogen and oxygen atoms in total. The van der Waals surface area contributed by atoms with Crippen LogP contribution in [0.5, 0.6) is 0 Å². The number of benzene rings is 1. The molecule has 0 amide bonds. The summed E-state index contributed by atoms with van der Waals surface area (Å²) in [7, 11) is 0. The molecular formula is C14H24N2. The summed E-state index contributed by atoms with van der Waals surface area (Å²) in [6.07, 6.45) is 0. The van der Waals surface area contributed by atoms with E-state index in [1.807, 2.05) is 0 Å². The van der Waals surface area contributed by atoms with E-state index in [0.717, 1.165) is 13.1 Å². The summed E-state index contributed by atoms with van der Waals surface area (Å²) in [5.41, 5.74) is 2.72. The number of rotatable bonds is 6. The van der Waals surface area contributed by atoms with Crippen molar-refractivity contribution in [1.82, 2.24) is 10.6 Å². The van der Waals surface area contributed by atoms with E-state index in [-0.39, 0.29) is 0 Å². The molecule has 1 aromatic carbocycles. The van der Waals surface area contributed by atoms with Gasteiger partial charge in [0.2, 0.25) is 0 Å². The molecule has 0 aromatic heterocycles. The highest BCUT2D eigenvalue weighted by Gasteiger charge is 1.98. The Kier molecular flexibility index (Phi) is 5.50. The minimum absolute atomic E-state index is 0.539. The topological polar surface area (TPSA) is 24.1 Å². The molecule has 0 fully saturated rings. The lowest BCUT2D eigenvalue weighted by Crippen LogP contribution is -2.23. The second-order valence-electron chi connectivity index (χ2n) is 4.89. The average Bonchev–Trinajstić information content (AvgIpc) is 2.24. The zero-order chi connectivity index (χ0) is 12.0. The lowest BCUT2D eigenvalue weighted by Gasteiger charge is -2.11. The molecule has 0 atom stereocenters. The molecule has 0 aliphatic rings. The van der Waals surface area contributed by atoms with Gasteiger partial charge < -0.3 is 10.6 Å². The lowest BCUT2D eigenvalue weighted by molar-refractivity contribution is 0.581. The van der Waals surface area contributed by atoms with Crippen molar-refractivity contribution >= 4 is 0 Å². The van der Waals surface area contributed by atoms with Crippen LogP contribution in [0.4, 0.5) is 0 Å². The zero-order valence-electron chi connectivity index (χ0n) is 10.9. The van der Waals surface area contributed by atoms with Gasteiger partial charge in [-0.1, -0.05) is 52.0 Å². The van der Waals surface area contributed by atoms with Crippen molar-refractivity contribution in [1.29, 1.82) is 0 Å². The Labute approximate surface area is 99.5 Å². The van der Waals surface area contributed by atoms with Gasteiger partial charge in [0, 0.05) is 25.2 Å². The van der Waals surface area contributed by atoms with Gasteiger partial charge in [0.15, 0.2) is 0 Å². The molecule has 90 valence electrons. The SMILES string of the molecule is CC(C)NCc1cccc(CNC(C)C)c1. The maximum Gasteiger partial charge on any atom is 0.0207 e. The normalized spacial score (nSPS) is 11.4. The van der Waals surface area contributed by atoms with Gasteiger partial charge in [0.05, 0.1) is 0 Å². The molecule has 2 heteroatoms. The van der Waals surface area contributed by atoms with Crippen molar-refractivity contribution in [2.45, 2.75) is 52.9 Å². The van der Waals surface area contributed by atoms with Gasteiger partial charge in [0.25, 0.3) is 0 Å². The molecule has 2 N–H and O–H groups in total. The molecule has 0 unspecified atom stereocenters. The van der Waals surface area contributed by atoms with Gasteiger partial charge in [-0.25, -0.2) is 0 Å². The second kappa shape index (κ2) is 6.66. The molecule has 0 bridgehead atoms. The van der Waals surface area contributed by atoms with Crippen LogP contribution in [-0.2, 0) is 13.1 Å². The van der Waals surface area contributed by atoms with Crippen LogP contribution < -0.4 is 10.6 Å². The Bertz CT molecular complexity index is 278. The molecular weight excluding hydrogens is 196 g/mol. The summed E-state index contributed by atoms with van der Waals surface area (Å²) < 4.78 is 0. The molecule has 16 heavy (non-hydrogen) atoms. The van der Waals surface area contributed by atoms with Crippen LogP contribution in [0.15, 0.2) is 24.3 Å². The van der Waals surface area contributed by atoms with Crippen molar-refractivity contribution in [3.63, 3.8) is 0 Å². The van der Waals surface area contributed by atoms with Crippen LogP contribution in [0.25, 0.3) is 0 Å². The predicted molar refractivity (Wildman–Crippen MR) is 70.4 cm³/mol. The molecule has 0 spiro atoms. The van der Waals surface area contributed by atoms with E-state index in [1.165, 1.54) is 11.1 Å². The molecule has 0 radical (unpaired) electrons. The number of hydrogen-bond donors (Lipinski definition) is 2. The van der Waals surface area contributed by atoms with E-state index in [9.17, 15) is 0 Å². The summed E-state index contributed by atoms with van der Waals surface area (Å²) in [6, 6.07) is 9.83. The molecule has 0 aliphatic carbocycles. The summed E-state index contributed by atoms with van der Waals surface area (Å²) >= 11 is 0. The third-order valence-corrected chi connectivity index (χ3v) is 2.42. The van der Waals surface area contributed by atoms with Crippen LogP contribution in [0.2, 0.25) is 0 Å². The second-order valence-corrected chi connectivity index (χ2v) is 4.89. The fourth-order valence-corrected chi connectivity index (χ4v) is 1.49. The van der Waals surface area contributed by atoms with Crippen LogP contribution in [0.3, 0.4) is 0 Å². The third-order valence-electron chi connectivity index (χ3n) is 2.42.